The predicted molar refractivity (Wildman–Crippen MR) is 89.4 cm³/mol. The maximum absolute atomic E-state index is 12.7. The lowest BCUT2D eigenvalue weighted by molar-refractivity contribution is -0.159. The number of rotatable bonds is 3. The number of carbonyl (C=O) groups is 2. The van der Waals surface area contributed by atoms with Gasteiger partial charge in [-0.2, -0.15) is 0 Å². The number of carbonyl (C=O) groups excluding carboxylic acids is 2. The summed E-state index contributed by atoms with van der Waals surface area (Å²) in [6.45, 7) is 2.20. The summed E-state index contributed by atoms with van der Waals surface area (Å²) in [5, 5.41) is 11.6. The molecule has 0 spiro atoms. The Labute approximate surface area is 145 Å². The molecule has 5 nitrogen and oxygen atoms in total. The van der Waals surface area contributed by atoms with Crippen LogP contribution in [0.5, 0.6) is 0 Å². The molecule has 0 radical (unpaired) electrons. The second kappa shape index (κ2) is 7.07. The third-order valence-corrected chi connectivity index (χ3v) is 4.83. The minimum absolute atomic E-state index is 0.0156. The number of likely N-dealkylation sites (N-methyl/N-ethyl adjacent to an activating group) is 1. The van der Waals surface area contributed by atoms with E-state index in [1.807, 2.05) is 0 Å². The summed E-state index contributed by atoms with van der Waals surface area (Å²) in [5.41, 5.74) is -0.929. The summed E-state index contributed by atoms with van der Waals surface area (Å²) in [6.07, 6.45) is 0.915. The number of hydrogen-bond acceptors (Lipinski definition) is 3. The van der Waals surface area contributed by atoms with E-state index in [2.05, 4.69) is 0 Å². The van der Waals surface area contributed by atoms with Crippen molar-refractivity contribution in [1.29, 1.82) is 0 Å². The molecule has 1 fully saturated rings. The van der Waals surface area contributed by atoms with Crippen molar-refractivity contribution in [2.75, 3.05) is 20.1 Å². The van der Waals surface area contributed by atoms with Crippen molar-refractivity contribution in [3.05, 3.63) is 33.8 Å². The van der Waals surface area contributed by atoms with Crippen LogP contribution in [0.1, 0.15) is 25.3 Å². The quantitative estimate of drug-likeness (QED) is 0.901. The van der Waals surface area contributed by atoms with Gasteiger partial charge in [0.25, 0.3) is 5.91 Å². The van der Waals surface area contributed by atoms with Gasteiger partial charge in [0.15, 0.2) is 5.60 Å². The predicted octanol–water partition coefficient (Wildman–Crippen LogP) is 2.33. The van der Waals surface area contributed by atoms with Crippen molar-refractivity contribution in [1.82, 2.24) is 9.80 Å². The topological polar surface area (TPSA) is 60.9 Å². The molecule has 2 amide bonds. The highest BCUT2D eigenvalue weighted by molar-refractivity contribution is 6.36. The third-order valence-electron chi connectivity index (χ3n) is 4.12. The lowest BCUT2D eigenvalue weighted by Crippen LogP contribution is -2.58. The summed E-state index contributed by atoms with van der Waals surface area (Å²) < 4.78 is 0. The van der Waals surface area contributed by atoms with Gasteiger partial charge in [0.2, 0.25) is 5.91 Å². The lowest BCUT2D eigenvalue weighted by atomic mass is 9.91. The molecule has 0 aliphatic carbocycles. The van der Waals surface area contributed by atoms with Gasteiger partial charge in [-0.15, -0.1) is 0 Å². The number of benzene rings is 1. The van der Waals surface area contributed by atoms with Gasteiger partial charge in [-0.1, -0.05) is 29.3 Å². The standard InChI is InChI=1S/C16H20Cl2N2O3/c1-11(21)20-8-4-7-16(23,10-20)15(22)19(2)9-12-13(17)5-3-6-14(12)18/h3,5-6,23H,4,7-10H2,1-2H3/t16-/m1/s1. The third kappa shape index (κ3) is 3.97. The van der Waals surface area contributed by atoms with Crippen molar-refractivity contribution in [2.45, 2.75) is 31.9 Å². The van der Waals surface area contributed by atoms with Crippen LogP contribution >= 0.6 is 23.2 Å². The van der Waals surface area contributed by atoms with Crippen LogP contribution in [0.2, 0.25) is 10.0 Å². The molecule has 1 heterocycles. The van der Waals surface area contributed by atoms with E-state index < -0.39 is 11.5 Å². The van der Waals surface area contributed by atoms with E-state index in [0.717, 1.165) is 0 Å². The number of likely N-dealkylation sites (tertiary alicyclic amines) is 1. The fourth-order valence-electron chi connectivity index (χ4n) is 2.83. The van der Waals surface area contributed by atoms with Crippen LogP contribution in [0, 0.1) is 0 Å². The normalized spacial score (nSPS) is 21.2. The van der Waals surface area contributed by atoms with Gasteiger partial charge in [-0.25, -0.2) is 0 Å². The first kappa shape index (κ1) is 18.0. The average molecular weight is 359 g/mol. The number of aliphatic hydroxyl groups is 1. The minimum atomic E-state index is -1.56. The maximum atomic E-state index is 12.7. The van der Waals surface area contributed by atoms with Gasteiger partial charge < -0.3 is 14.9 Å². The molecule has 1 N–H and O–H groups in total. The Morgan fingerprint density at radius 3 is 2.52 bits per heavy atom. The number of halogens is 2. The Kier molecular flexibility index (Phi) is 5.55. The summed E-state index contributed by atoms with van der Waals surface area (Å²) in [7, 11) is 1.59. The first-order valence-electron chi connectivity index (χ1n) is 7.41. The highest BCUT2D eigenvalue weighted by Crippen LogP contribution is 2.28. The molecule has 2 rings (SSSR count). The fourth-order valence-corrected chi connectivity index (χ4v) is 3.34. The Morgan fingerprint density at radius 2 is 1.96 bits per heavy atom. The largest absolute Gasteiger partial charge is 0.378 e. The molecule has 1 aliphatic heterocycles. The average Bonchev–Trinajstić information content (AvgIpc) is 2.50. The Balaban J connectivity index is 2.14. The molecule has 126 valence electrons. The number of hydrogen-bond donors (Lipinski definition) is 1. The van der Waals surface area contributed by atoms with Gasteiger partial charge in [0.1, 0.15) is 0 Å². The van der Waals surface area contributed by atoms with Gasteiger partial charge >= 0.3 is 0 Å². The molecule has 1 aromatic rings. The number of amides is 2. The lowest BCUT2D eigenvalue weighted by Gasteiger charge is -2.39. The van der Waals surface area contributed by atoms with E-state index >= 15 is 0 Å². The van der Waals surface area contributed by atoms with E-state index in [0.29, 0.717) is 35.0 Å². The zero-order valence-electron chi connectivity index (χ0n) is 13.2. The van der Waals surface area contributed by atoms with Crippen molar-refractivity contribution in [3.63, 3.8) is 0 Å². The Morgan fingerprint density at radius 1 is 1.35 bits per heavy atom. The summed E-state index contributed by atoms with van der Waals surface area (Å²) in [5.74, 6) is -0.577. The van der Waals surface area contributed by atoms with E-state index in [1.165, 1.54) is 16.7 Å². The maximum Gasteiger partial charge on any atom is 0.256 e. The zero-order chi connectivity index (χ0) is 17.2. The molecule has 1 aliphatic rings. The molecule has 0 saturated carbocycles. The number of piperidine rings is 1. The molecular weight excluding hydrogens is 339 g/mol. The van der Waals surface area contributed by atoms with E-state index in [9.17, 15) is 14.7 Å². The van der Waals surface area contributed by atoms with Gasteiger partial charge in [-0.3, -0.25) is 9.59 Å². The second-order valence-electron chi connectivity index (χ2n) is 5.94. The van der Waals surface area contributed by atoms with Crippen molar-refractivity contribution < 1.29 is 14.7 Å². The molecule has 0 bridgehead atoms. The van der Waals surface area contributed by atoms with Crippen LogP contribution in [0.25, 0.3) is 0 Å². The Bertz CT molecular complexity index is 603. The van der Waals surface area contributed by atoms with Crippen LogP contribution in [-0.4, -0.2) is 52.5 Å². The molecule has 7 heteroatoms. The van der Waals surface area contributed by atoms with Gasteiger partial charge in [0, 0.05) is 42.7 Å². The zero-order valence-corrected chi connectivity index (χ0v) is 14.7. The smallest absolute Gasteiger partial charge is 0.256 e. The minimum Gasteiger partial charge on any atom is -0.378 e. The fraction of sp³-hybridized carbons (Fsp3) is 0.500. The van der Waals surface area contributed by atoms with Crippen LogP contribution < -0.4 is 0 Å². The molecular formula is C16H20Cl2N2O3. The van der Waals surface area contributed by atoms with E-state index in [1.54, 1.807) is 25.2 Å². The summed E-state index contributed by atoms with van der Waals surface area (Å²) >= 11 is 12.3. The summed E-state index contributed by atoms with van der Waals surface area (Å²) in [4.78, 5) is 27.1. The molecule has 1 aromatic carbocycles. The second-order valence-corrected chi connectivity index (χ2v) is 6.75. The first-order chi connectivity index (χ1) is 10.7. The first-order valence-corrected chi connectivity index (χ1v) is 8.16. The van der Waals surface area contributed by atoms with Crippen molar-refractivity contribution in [2.24, 2.45) is 0 Å². The van der Waals surface area contributed by atoms with Crippen LogP contribution in [0.15, 0.2) is 18.2 Å². The molecule has 0 aromatic heterocycles. The van der Waals surface area contributed by atoms with Crippen LogP contribution in [0.3, 0.4) is 0 Å². The molecule has 1 atom stereocenters. The van der Waals surface area contributed by atoms with Crippen LogP contribution in [0.4, 0.5) is 0 Å². The van der Waals surface area contributed by atoms with Crippen molar-refractivity contribution in [3.8, 4) is 0 Å². The Hall–Kier alpha value is -1.30. The van der Waals surface area contributed by atoms with E-state index in [-0.39, 0.29) is 19.0 Å². The molecule has 0 unspecified atom stereocenters. The molecule has 1 saturated heterocycles. The SMILES string of the molecule is CC(=O)N1CCC[C@](O)(C(=O)N(C)Cc2c(Cl)cccc2Cl)C1. The van der Waals surface area contributed by atoms with E-state index in [4.69, 9.17) is 23.2 Å². The monoisotopic (exact) mass is 358 g/mol. The number of nitrogens with zero attached hydrogens (tertiary/aromatic N) is 2. The highest BCUT2D eigenvalue weighted by Gasteiger charge is 2.42. The van der Waals surface area contributed by atoms with Crippen LogP contribution in [-0.2, 0) is 16.1 Å². The van der Waals surface area contributed by atoms with Gasteiger partial charge in [0.05, 0.1) is 6.54 Å². The van der Waals surface area contributed by atoms with Gasteiger partial charge in [-0.05, 0) is 25.0 Å². The van der Waals surface area contributed by atoms with Crippen molar-refractivity contribution >= 4 is 35.0 Å². The summed E-state index contributed by atoms with van der Waals surface area (Å²) in [6, 6.07) is 5.14. The highest BCUT2D eigenvalue weighted by atomic mass is 35.5. The molecule has 23 heavy (non-hydrogen) atoms. The number of β-amino-alcohol motifs (C(OH)–C–C–N with tert-alkyl or cyclic N) is 1.